The van der Waals surface area contributed by atoms with Gasteiger partial charge in [0.2, 0.25) is 0 Å². The van der Waals surface area contributed by atoms with Crippen LogP contribution in [0.3, 0.4) is 0 Å². The maximum atomic E-state index is 4.65. The summed E-state index contributed by atoms with van der Waals surface area (Å²) in [5.41, 5.74) is 2.17. The topological polar surface area (TPSA) is 37.8 Å². The van der Waals surface area contributed by atoms with E-state index in [4.69, 9.17) is 0 Å². The van der Waals surface area contributed by atoms with E-state index in [9.17, 15) is 0 Å². The molecule has 4 heteroatoms. The Morgan fingerprint density at radius 2 is 2.00 bits per heavy atom. The van der Waals surface area contributed by atoms with Crippen molar-refractivity contribution in [1.29, 1.82) is 0 Å². The highest BCUT2D eigenvalue weighted by molar-refractivity contribution is 7.13. The molecule has 0 saturated carbocycles. The molecule has 3 aromatic rings. The molecule has 2 aromatic heterocycles. The number of hydrogen-bond donors (Lipinski definition) is 1. The van der Waals surface area contributed by atoms with Gasteiger partial charge in [-0.2, -0.15) is 0 Å². The smallest absolute Gasteiger partial charge is 0.172 e. The minimum atomic E-state index is 0.785. The monoisotopic (exact) mass is 255 g/mol. The van der Waals surface area contributed by atoms with E-state index in [2.05, 4.69) is 28.3 Å². The number of aromatic nitrogens is 2. The van der Waals surface area contributed by atoms with Crippen LogP contribution in [0.15, 0.2) is 35.7 Å². The molecule has 0 bridgehead atoms. The van der Waals surface area contributed by atoms with Gasteiger partial charge in [-0.25, -0.2) is 9.97 Å². The maximum absolute atomic E-state index is 4.65. The maximum Gasteiger partial charge on any atom is 0.172 e. The highest BCUT2D eigenvalue weighted by atomic mass is 32.1. The van der Waals surface area contributed by atoms with E-state index in [-0.39, 0.29) is 0 Å². The summed E-state index contributed by atoms with van der Waals surface area (Å²) in [5, 5.41) is 6.30. The molecule has 0 aliphatic rings. The van der Waals surface area contributed by atoms with Crippen LogP contribution in [0.5, 0.6) is 0 Å². The van der Waals surface area contributed by atoms with Gasteiger partial charge >= 0.3 is 0 Å². The van der Waals surface area contributed by atoms with Gasteiger partial charge in [-0.3, -0.25) is 0 Å². The normalized spacial score (nSPS) is 10.8. The third kappa shape index (κ3) is 1.75. The Kier molecular flexibility index (Phi) is 2.72. The van der Waals surface area contributed by atoms with Crippen LogP contribution in [0.2, 0.25) is 0 Å². The van der Waals surface area contributed by atoms with Crippen LogP contribution in [0.1, 0.15) is 5.56 Å². The fourth-order valence-corrected chi connectivity index (χ4v) is 2.71. The van der Waals surface area contributed by atoms with Gasteiger partial charge in [-0.15, -0.1) is 11.3 Å². The van der Waals surface area contributed by atoms with Crippen molar-refractivity contribution in [2.75, 3.05) is 12.4 Å². The van der Waals surface area contributed by atoms with Crippen LogP contribution in [0.4, 0.5) is 5.82 Å². The second-order valence-corrected chi connectivity index (χ2v) is 5.04. The number of nitrogens with zero attached hydrogens (tertiary/aromatic N) is 2. The Balaban J connectivity index is 2.32. The zero-order valence-electron chi connectivity index (χ0n) is 10.3. The number of fused-ring (bicyclic) bond motifs is 1. The van der Waals surface area contributed by atoms with Crippen molar-refractivity contribution >= 4 is 28.1 Å². The molecule has 0 spiro atoms. The van der Waals surface area contributed by atoms with E-state index < -0.39 is 0 Å². The molecule has 0 atom stereocenters. The lowest BCUT2D eigenvalue weighted by Crippen LogP contribution is -1.99. The zero-order chi connectivity index (χ0) is 12.5. The van der Waals surface area contributed by atoms with Gasteiger partial charge in [0.25, 0.3) is 0 Å². The van der Waals surface area contributed by atoms with E-state index in [0.717, 1.165) is 27.4 Å². The number of thiophene rings is 1. The molecule has 3 rings (SSSR count). The minimum absolute atomic E-state index is 0.785. The molecule has 2 heterocycles. The van der Waals surface area contributed by atoms with Crippen molar-refractivity contribution in [1.82, 2.24) is 9.97 Å². The van der Waals surface area contributed by atoms with Gasteiger partial charge in [-0.05, 0) is 30.0 Å². The molecule has 1 aromatic carbocycles. The van der Waals surface area contributed by atoms with Gasteiger partial charge in [0.15, 0.2) is 5.82 Å². The fraction of sp³-hybridized carbons (Fsp3) is 0.143. The molecule has 0 saturated heterocycles. The largest absolute Gasteiger partial charge is 0.373 e. The van der Waals surface area contributed by atoms with E-state index in [1.807, 2.05) is 36.7 Å². The lowest BCUT2D eigenvalue weighted by molar-refractivity contribution is 1.22. The van der Waals surface area contributed by atoms with Crippen molar-refractivity contribution in [3.05, 3.63) is 41.3 Å². The first kappa shape index (κ1) is 11.2. The average Bonchev–Trinajstić information content (AvgIpc) is 2.91. The first-order valence-electron chi connectivity index (χ1n) is 5.78. The van der Waals surface area contributed by atoms with Crippen molar-refractivity contribution in [2.45, 2.75) is 6.92 Å². The predicted molar refractivity (Wildman–Crippen MR) is 77.1 cm³/mol. The molecule has 0 aliphatic carbocycles. The van der Waals surface area contributed by atoms with Gasteiger partial charge in [0.05, 0.1) is 10.4 Å². The summed E-state index contributed by atoms with van der Waals surface area (Å²) in [7, 11) is 1.90. The lowest BCUT2D eigenvalue weighted by atomic mass is 10.1. The van der Waals surface area contributed by atoms with E-state index in [0.29, 0.717) is 0 Å². The van der Waals surface area contributed by atoms with Gasteiger partial charge in [0.1, 0.15) is 5.82 Å². The van der Waals surface area contributed by atoms with Crippen LogP contribution in [0.25, 0.3) is 21.6 Å². The van der Waals surface area contributed by atoms with E-state index in [1.165, 1.54) is 5.56 Å². The van der Waals surface area contributed by atoms with Crippen LogP contribution in [-0.2, 0) is 0 Å². The zero-order valence-corrected chi connectivity index (χ0v) is 11.1. The molecule has 0 unspecified atom stereocenters. The van der Waals surface area contributed by atoms with Crippen molar-refractivity contribution in [3.63, 3.8) is 0 Å². The average molecular weight is 255 g/mol. The Hall–Kier alpha value is -1.94. The summed E-state index contributed by atoms with van der Waals surface area (Å²) in [6.45, 7) is 2.08. The number of benzene rings is 1. The van der Waals surface area contributed by atoms with Crippen LogP contribution in [0, 0.1) is 6.92 Å². The van der Waals surface area contributed by atoms with Crippen molar-refractivity contribution < 1.29 is 0 Å². The number of aryl methyl sites for hydroxylation is 1. The summed E-state index contributed by atoms with van der Waals surface area (Å²) in [6, 6.07) is 10.2. The second kappa shape index (κ2) is 4.38. The summed E-state index contributed by atoms with van der Waals surface area (Å²) < 4.78 is 0. The molecule has 3 nitrogen and oxygen atoms in total. The van der Waals surface area contributed by atoms with E-state index >= 15 is 0 Å². The predicted octanol–water partition coefficient (Wildman–Crippen LogP) is 3.71. The van der Waals surface area contributed by atoms with Gasteiger partial charge < -0.3 is 5.32 Å². The first-order chi connectivity index (χ1) is 8.79. The van der Waals surface area contributed by atoms with Crippen LogP contribution >= 0.6 is 11.3 Å². The standard InChI is InChI=1S/C14H13N3S/c1-9-5-3-6-10-12(9)14(15-2)17-13(16-10)11-7-4-8-18-11/h3-8H,1-2H3,(H,15,16,17). The van der Waals surface area contributed by atoms with Gasteiger partial charge in [-0.1, -0.05) is 18.2 Å². The number of hydrogen-bond acceptors (Lipinski definition) is 4. The summed E-state index contributed by atoms with van der Waals surface area (Å²) in [6.07, 6.45) is 0. The molecular weight excluding hydrogens is 242 g/mol. The number of anilines is 1. The Bertz CT molecular complexity index is 690. The summed E-state index contributed by atoms with van der Waals surface area (Å²) in [4.78, 5) is 10.3. The molecule has 18 heavy (non-hydrogen) atoms. The third-order valence-electron chi connectivity index (χ3n) is 2.91. The molecule has 1 N–H and O–H groups in total. The molecule has 0 fully saturated rings. The molecule has 0 amide bonds. The molecular formula is C14H13N3S. The van der Waals surface area contributed by atoms with Crippen molar-refractivity contribution in [3.8, 4) is 10.7 Å². The summed E-state index contributed by atoms with van der Waals surface area (Å²) in [5.74, 6) is 1.67. The quantitative estimate of drug-likeness (QED) is 0.758. The third-order valence-corrected chi connectivity index (χ3v) is 3.78. The Morgan fingerprint density at radius 1 is 1.11 bits per heavy atom. The highest BCUT2D eigenvalue weighted by Crippen LogP contribution is 2.28. The highest BCUT2D eigenvalue weighted by Gasteiger charge is 2.10. The van der Waals surface area contributed by atoms with Crippen molar-refractivity contribution in [2.24, 2.45) is 0 Å². The second-order valence-electron chi connectivity index (χ2n) is 4.09. The van der Waals surface area contributed by atoms with Crippen LogP contribution in [-0.4, -0.2) is 17.0 Å². The summed E-state index contributed by atoms with van der Waals surface area (Å²) >= 11 is 1.66. The van der Waals surface area contributed by atoms with Gasteiger partial charge in [0, 0.05) is 12.4 Å². The number of rotatable bonds is 2. The SMILES string of the molecule is CNc1nc(-c2cccs2)nc2cccc(C)c12. The number of nitrogens with one attached hydrogen (secondary N) is 1. The lowest BCUT2D eigenvalue weighted by Gasteiger charge is -2.09. The fourth-order valence-electron chi connectivity index (χ4n) is 2.05. The Morgan fingerprint density at radius 3 is 2.72 bits per heavy atom. The van der Waals surface area contributed by atoms with Crippen LogP contribution < -0.4 is 5.32 Å². The molecule has 0 aliphatic heterocycles. The Labute approximate surface area is 110 Å². The molecule has 90 valence electrons. The first-order valence-corrected chi connectivity index (χ1v) is 6.66. The van der Waals surface area contributed by atoms with E-state index in [1.54, 1.807) is 11.3 Å². The minimum Gasteiger partial charge on any atom is -0.373 e. The molecule has 0 radical (unpaired) electrons.